The average molecular weight is 641 g/mol. The summed E-state index contributed by atoms with van der Waals surface area (Å²) < 4.78 is 71.9. The number of nitrogens with zero attached hydrogens (tertiary/aromatic N) is 6. The topological polar surface area (TPSA) is 133 Å². The predicted molar refractivity (Wildman–Crippen MR) is 156 cm³/mol. The third-order valence-corrected chi connectivity index (χ3v) is 8.27. The molecule has 45 heavy (non-hydrogen) atoms. The van der Waals surface area contributed by atoms with Gasteiger partial charge < -0.3 is 11.1 Å². The van der Waals surface area contributed by atoms with Crippen LogP contribution in [0.25, 0.3) is 38.2 Å². The number of aryl methyl sites for hydroxylation is 1. The highest BCUT2D eigenvalue weighted by atomic mass is 32.1. The lowest BCUT2D eigenvalue weighted by Gasteiger charge is -2.11. The van der Waals surface area contributed by atoms with Crippen molar-refractivity contribution < 1.29 is 31.5 Å². The normalized spacial score (nSPS) is 11.8. The van der Waals surface area contributed by atoms with E-state index in [1.807, 2.05) is 6.92 Å². The number of aromatic nitrogens is 6. The molecule has 0 radical (unpaired) electrons. The Morgan fingerprint density at radius 1 is 1.00 bits per heavy atom. The molecule has 0 saturated carbocycles. The Hall–Kier alpha value is -5.25. The van der Waals surface area contributed by atoms with Crippen LogP contribution in [0.15, 0.2) is 48.8 Å². The smallest absolute Gasteiger partial charge is 0.280 e. The number of benzene rings is 1. The van der Waals surface area contributed by atoms with Gasteiger partial charge in [0.05, 0.1) is 23.8 Å². The standard InChI is InChI=1S/C29H21F5N8O2S/c1-3-41-12(2)16(10-36-41)15-8-19(24(31)32)39-29-21(15)22(23(45-29)26(35)43)40-28(44)17-11-37-42-20(25(33)34)9-18(38-27(17)42)13-4-6-14(30)7-5-13/h4-11,24-25H,3H2,1-2H3,(H2,35,43)(H,40,44). The van der Waals surface area contributed by atoms with Crippen LogP contribution in [0, 0.1) is 12.7 Å². The molecule has 0 saturated heterocycles. The van der Waals surface area contributed by atoms with Gasteiger partial charge in [-0.3, -0.25) is 14.3 Å². The Morgan fingerprint density at radius 2 is 1.73 bits per heavy atom. The van der Waals surface area contributed by atoms with E-state index in [1.54, 1.807) is 11.6 Å². The first kappa shape index (κ1) is 29.8. The monoisotopic (exact) mass is 640 g/mol. The third kappa shape index (κ3) is 5.16. The van der Waals surface area contributed by atoms with E-state index in [2.05, 4.69) is 25.5 Å². The van der Waals surface area contributed by atoms with Gasteiger partial charge in [-0.15, -0.1) is 11.3 Å². The lowest BCUT2D eigenvalue weighted by molar-refractivity contribution is 0.100. The molecule has 0 fully saturated rings. The molecule has 16 heteroatoms. The molecule has 2 amide bonds. The number of thiophene rings is 1. The molecule has 0 aliphatic rings. The maximum atomic E-state index is 14.1. The second kappa shape index (κ2) is 11.4. The van der Waals surface area contributed by atoms with Gasteiger partial charge in [-0.25, -0.2) is 36.4 Å². The van der Waals surface area contributed by atoms with Crippen molar-refractivity contribution in [2.75, 3.05) is 5.32 Å². The first-order chi connectivity index (χ1) is 21.5. The van der Waals surface area contributed by atoms with E-state index in [9.17, 15) is 31.5 Å². The summed E-state index contributed by atoms with van der Waals surface area (Å²) in [6.07, 6.45) is -3.46. The van der Waals surface area contributed by atoms with Gasteiger partial charge in [-0.2, -0.15) is 10.2 Å². The van der Waals surface area contributed by atoms with Crippen molar-refractivity contribution >= 4 is 44.7 Å². The summed E-state index contributed by atoms with van der Waals surface area (Å²) in [4.78, 5) is 34.5. The van der Waals surface area contributed by atoms with Gasteiger partial charge in [-0.05, 0) is 55.8 Å². The van der Waals surface area contributed by atoms with Gasteiger partial charge in [0.2, 0.25) is 0 Å². The number of halogens is 5. The zero-order valence-corrected chi connectivity index (χ0v) is 24.2. The molecule has 6 rings (SSSR count). The molecule has 5 heterocycles. The van der Waals surface area contributed by atoms with E-state index < -0.39 is 41.9 Å². The van der Waals surface area contributed by atoms with Crippen LogP contribution in [0.4, 0.5) is 27.6 Å². The third-order valence-electron chi connectivity index (χ3n) is 7.17. The summed E-state index contributed by atoms with van der Waals surface area (Å²) >= 11 is 0.714. The zero-order chi connectivity index (χ0) is 32.2. The fraction of sp³-hybridized carbons (Fsp3) is 0.172. The van der Waals surface area contributed by atoms with E-state index in [0.29, 0.717) is 34.7 Å². The molecule has 3 N–H and O–H groups in total. The number of anilines is 1. The van der Waals surface area contributed by atoms with E-state index in [0.717, 1.165) is 35.0 Å². The Balaban J connectivity index is 1.53. The molecular weight excluding hydrogens is 619 g/mol. The fourth-order valence-electron chi connectivity index (χ4n) is 5.02. The second-order valence-corrected chi connectivity index (χ2v) is 10.8. The zero-order valence-electron chi connectivity index (χ0n) is 23.4. The number of fused-ring (bicyclic) bond motifs is 2. The molecule has 5 aromatic heterocycles. The predicted octanol–water partition coefficient (Wildman–Crippen LogP) is 6.56. The van der Waals surface area contributed by atoms with Crippen molar-refractivity contribution in [2.45, 2.75) is 33.2 Å². The van der Waals surface area contributed by atoms with Gasteiger partial charge in [0, 0.05) is 28.8 Å². The van der Waals surface area contributed by atoms with Crippen molar-refractivity contribution in [3.63, 3.8) is 0 Å². The van der Waals surface area contributed by atoms with E-state index in [1.165, 1.54) is 18.3 Å². The molecule has 6 aromatic rings. The Morgan fingerprint density at radius 3 is 2.36 bits per heavy atom. The van der Waals surface area contributed by atoms with Crippen molar-refractivity contribution in [2.24, 2.45) is 5.73 Å². The number of rotatable bonds is 8. The molecule has 1 aromatic carbocycles. The Labute approximate surface area is 254 Å². The van der Waals surface area contributed by atoms with Gasteiger partial charge in [0.1, 0.15) is 32.5 Å². The molecule has 10 nitrogen and oxygen atoms in total. The highest BCUT2D eigenvalue weighted by Crippen LogP contribution is 2.43. The molecule has 0 atom stereocenters. The number of alkyl halides is 4. The van der Waals surface area contributed by atoms with Crippen molar-refractivity contribution in [1.29, 1.82) is 0 Å². The number of hydrogen-bond donors (Lipinski definition) is 2. The molecule has 230 valence electrons. The number of nitrogens with one attached hydrogen (secondary N) is 1. The van der Waals surface area contributed by atoms with Gasteiger partial charge in [0.15, 0.2) is 5.65 Å². The minimum absolute atomic E-state index is 0.00659. The van der Waals surface area contributed by atoms with Gasteiger partial charge >= 0.3 is 0 Å². The lowest BCUT2D eigenvalue weighted by atomic mass is 10.0. The molecular formula is C29H21F5N8O2S. The van der Waals surface area contributed by atoms with E-state index in [-0.39, 0.29) is 43.2 Å². The van der Waals surface area contributed by atoms with E-state index >= 15 is 0 Å². The number of pyridine rings is 1. The van der Waals surface area contributed by atoms with Crippen molar-refractivity contribution in [3.05, 3.63) is 82.1 Å². The Kier molecular flexibility index (Phi) is 7.52. The summed E-state index contributed by atoms with van der Waals surface area (Å²) in [5, 5.41) is 11.0. The van der Waals surface area contributed by atoms with Crippen LogP contribution in [0.3, 0.4) is 0 Å². The molecule has 0 spiro atoms. The minimum atomic E-state index is -3.02. The largest absolute Gasteiger partial charge is 0.365 e. The average Bonchev–Trinajstić information content (AvgIpc) is 3.71. The number of hydrogen-bond acceptors (Lipinski definition) is 7. The number of nitrogens with two attached hydrogens (primary N) is 1. The van der Waals surface area contributed by atoms with Crippen LogP contribution >= 0.6 is 11.3 Å². The molecule has 0 bridgehead atoms. The van der Waals surface area contributed by atoms with Crippen LogP contribution in [-0.4, -0.2) is 41.2 Å². The molecule has 0 aliphatic carbocycles. The number of carbonyl (C=O) groups excluding carboxylic acids is 2. The fourth-order valence-corrected chi connectivity index (χ4v) is 6.03. The summed E-state index contributed by atoms with van der Waals surface area (Å²) in [5.74, 6) is -2.41. The Bertz CT molecular complexity index is 2120. The quantitative estimate of drug-likeness (QED) is 0.181. The number of primary amides is 1. The maximum absolute atomic E-state index is 14.1. The first-order valence-electron chi connectivity index (χ1n) is 13.3. The second-order valence-electron chi connectivity index (χ2n) is 9.83. The number of amides is 2. The van der Waals surface area contributed by atoms with Crippen LogP contribution in [0.2, 0.25) is 0 Å². The highest BCUT2D eigenvalue weighted by molar-refractivity contribution is 7.21. The lowest BCUT2D eigenvalue weighted by Crippen LogP contribution is -2.17. The summed E-state index contributed by atoms with van der Waals surface area (Å²) in [5.41, 5.74) is 5.56. The first-order valence-corrected chi connectivity index (χ1v) is 14.1. The van der Waals surface area contributed by atoms with Crippen molar-refractivity contribution in [3.8, 4) is 22.4 Å². The van der Waals surface area contributed by atoms with Crippen LogP contribution in [0.1, 0.15) is 56.9 Å². The van der Waals surface area contributed by atoms with Crippen LogP contribution in [-0.2, 0) is 6.54 Å². The SMILES string of the molecule is CCn1ncc(-c2cc(C(F)F)nc3sc(C(N)=O)c(NC(=O)c4cnn5c(C(F)F)cc(-c6ccc(F)cc6)nc45)c23)c1C. The summed E-state index contributed by atoms with van der Waals surface area (Å²) in [6, 6.07) is 7.20. The van der Waals surface area contributed by atoms with Gasteiger partial charge in [-0.1, -0.05) is 0 Å². The summed E-state index contributed by atoms with van der Waals surface area (Å²) in [7, 11) is 0. The molecule has 0 aliphatic heterocycles. The van der Waals surface area contributed by atoms with Gasteiger partial charge in [0.25, 0.3) is 24.7 Å². The highest BCUT2D eigenvalue weighted by Gasteiger charge is 2.28. The molecule has 0 unspecified atom stereocenters. The maximum Gasteiger partial charge on any atom is 0.280 e. The minimum Gasteiger partial charge on any atom is -0.365 e. The number of carbonyl (C=O) groups is 2. The van der Waals surface area contributed by atoms with Crippen molar-refractivity contribution in [1.82, 2.24) is 29.4 Å². The summed E-state index contributed by atoms with van der Waals surface area (Å²) in [6.45, 7) is 4.08. The van der Waals surface area contributed by atoms with Crippen LogP contribution in [0.5, 0.6) is 0 Å². The van der Waals surface area contributed by atoms with Crippen LogP contribution < -0.4 is 11.1 Å². The van der Waals surface area contributed by atoms with E-state index in [4.69, 9.17) is 5.73 Å².